The third-order valence-electron chi connectivity index (χ3n) is 4.49. The minimum Gasteiger partial charge on any atom is -0.481 e. The van der Waals surface area contributed by atoms with Crippen molar-refractivity contribution in [2.75, 3.05) is 13.1 Å². The molecule has 0 amide bonds. The molecule has 24 heavy (non-hydrogen) atoms. The second-order valence-corrected chi connectivity index (χ2v) is 6.08. The van der Waals surface area contributed by atoms with E-state index < -0.39 is 16.8 Å². The highest BCUT2D eigenvalue weighted by Gasteiger charge is 2.38. The number of carbonyl (C=O) groups is 1. The van der Waals surface area contributed by atoms with Crippen LogP contribution in [0, 0.1) is 16.0 Å². The average molecular weight is 326 g/mol. The predicted octanol–water partition coefficient (Wildman–Crippen LogP) is 2.90. The standard InChI is InChI=1S/C18H18N2O4/c21-18(22)17-12-19(10-13-4-2-1-3-5-13)11-16(17)14-6-8-15(9-7-14)20(23)24/h1-9,16-17H,10-12H2,(H,21,22)/t16-,17-/m0/s1. The third kappa shape index (κ3) is 3.44. The van der Waals surface area contributed by atoms with Crippen LogP contribution in [0.3, 0.4) is 0 Å². The van der Waals surface area contributed by atoms with Gasteiger partial charge in [-0.15, -0.1) is 0 Å². The Morgan fingerprint density at radius 2 is 1.79 bits per heavy atom. The molecule has 2 atom stereocenters. The third-order valence-corrected chi connectivity index (χ3v) is 4.49. The lowest BCUT2D eigenvalue weighted by Gasteiger charge is -2.16. The molecule has 1 fully saturated rings. The number of nitro benzene ring substituents is 1. The minimum atomic E-state index is -0.825. The largest absolute Gasteiger partial charge is 0.481 e. The van der Waals surface area contributed by atoms with Crippen molar-refractivity contribution in [3.63, 3.8) is 0 Å². The maximum Gasteiger partial charge on any atom is 0.308 e. The fourth-order valence-electron chi connectivity index (χ4n) is 3.29. The molecule has 6 heteroatoms. The van der Waals surface area contributed by atoms with Gasteiger partial charge in [0.25, 0.3) is 5.69 Å². The molecule has 1 aliphatic heterocycles. The molecule has 2 aromatic rings. The van der Waals surface area contributed by atoms with Crippen LogP contribution in [0.1, 0.15) is 17.0 Å². The highest BCUT2D eigenvalue weighted by molar-refractivity contribution is 5.72. The van der Waals surface area contributed by atoms with Gasteiger partial charge >= 0.3 is 5.97 Å². The zero-order valence-electron chi connectivity index (χ0n) is 13.0. The number of non-ortho nitro benzene ring substituents is 1. The van der Waals surface area contributed by atoms with Crippen molar-refractivity contribution in [1.82, 2.24) is 4.90 Å². The van der Waals surface area contributed by atoms with E-state index in [0.29, 0.717) is 19.6 Å². The number of nitro groups is 1. The van der Waals surface area contributed by atoms with Gasteiger partial charge < -0.3 is 5.11 Å². The predicted molar refractivity (Wildman–Crippen MR) is 88.7 cm³/mol. The van der Waals surface area contributed by atoms with Crippen LogP contribution in [0.2, 0.25) is 0 Å². The molecule has 1 saturated heterocycles. The Kier molecular flexibility index (Phi) is 4.57. The van der Waals surface area contributed by atoms with Crippen LogP contribution in [0.25, 0.3) is 0 Å². The summed E-state index contributed by atoms with van der Waals surface area (Å²) in [6.45, 7) is 1.81. The van der Waals surface area contributed by atoms with Gasteiger partial charge in [0.2, 0.25) is 0 Å². The van der Waals surface area contributed by atoms with Crippen molar-refractivity contribution < 1.29 is 14.8 Å². The van der Waals surface area contributed by atoms with Crippen LogP contribution in [0.4, 0.5) is 5.69 Å². The van der Waals surface area contributed by atoms with Gasteiger partial charge in [-0.3, -0.25) is 19.8 Å². The van der Waals surface area contributed by atoms with Crippen LogP contribution < -0.4 is 0 Å². The number of rotatable bonds is 5. The van der Waals surface area contributed by atoms with Gasteiger partial charge in [-0.25, -0.2) is 0 Å². The first-order chi connectivity index (χ1) is 11.5. The van der Waals surface area contributed by atoms with E-state index >= 15 is 0 Å². The van der Waals surface area contributed by atoms with Crippen molar-refractivity contribution in [1.29, 1.82) is 0 Å². The van der Waals surface area contributed by atoms with Gasteiger partial charge in [0.05, 0.1) is 10.8 Å². The summed E-state index contributed by atoms with van der Waals surface area (Å²) in [5.74, 6) is -1.49. The van der Waals surface area contributed by atoms with E-state index in [1.165, 1.54) is 12.1 Å². The number of carboxylic acid groups (broad SMARTS) is 1. The lowest BCUT2D eigenvalue weighted by molar-refractivity contribution is -0.384. The van der Waals surface area contributed by atoms with E-state index in [2.05, 4.69) is 4.90 Å². The van der Waals surface area contributed by atoms with Crippen molar-refractivity contribution in [2.45, 2.75) is 12.5 Å². The zero-order chi connectivity index (χ0) is 17.1. The average Bonchev–Trinajstić information content (AvgIpc) is 3.00. The maximum absolute atomic E-state index is 11.6. The lowest BCUT2D eigenvalue weighted by atomic mass is 9.89. The summed E-state index contributed by atoms with van der Waals surface area (Å²) in [4.78, 5) is 24.1. The van der Waals surface area contributed by atoms with Crippen molar-refractivity contribution >= 4 is 11.7 Å². The first-order valence-corrected chi connectivity index (χ1v) is 7.78. The molecule has 3 rings (SSSR count). The monoisotopic (exact) mass is 326 g/mol. The topological polar surface area (TPSA) is 83.7 Å². The Bertz CT molecular complexity index is 730. The molecular formula is C18H18N2O4. The molecule has 0 aliphatic carbocycles. The zero-order valence-corrected chi connectivity index (χ0v) is 13.0. The summed E-state index contributed by atoms with van der Waals surface area (Å²) in [7, 11) is 0. The Balaban J connectivity index is 1.78. The highest BCUT2D eigenvalue weighted by atomic mass is 16.6. The number of carboxylic acids is 1. The molecule has 6 nitrogen and oxygen atoms in total. The maximum atomic E-state index is 11.6. The van der Waals surface area contributed by atoms with E-state index in [-0.39, 0.29) is 11.6 Å². The van der Waals surface area contributed by atoms with E-state index in [1.54, 1.807) is 12.1 Å². The van der Waals surface area contributed by atoms with Crippen molar-refractivity contribution in [2.24, 2.45) is 5.92 Å². The molecule has 0 saturated carbocycles. The van der Waals surface area contributed by atoms with E-state index in [1.807, 2.05) is 30.3 Å². The number of nitrogens with zero attached hydrogens (tertiary/aromatic N) is 2. The number of hydrogen-bond acceptors (Lipinski definition) is 4. The van der Waals surface area contributed by atoms with Crippen molar-refractivity contribution in [3.05, 3.63) is 75.8 Å². The lowest BCUT2D eigenvalue weighted by Crippen LogP contribution is -2.23. The van der Waals surface area contributed by atoms with Crippen LogP contribution in [0.15, 0.2) is 54.6 Å². The molecule has 0 bridgehead atoms. The number of hydrogen-bond donors (Lipinski definition) is 1. The number of likely N-dealkylation sites (tertiary alicyclic amines) is 1. The summed E-state index contributed by atoms with van der Waals surface area (Å²) < 4.78 is 0. The molecule has 0 spiro atoms. The molecule has 0 radical (unpaired) electrons. The molecule has 2 aromatic carbocycles. The molecular weight excluding hydrogens is 308 g/mol. The van der Waals surface area contributed by atoms with Crippen molar-refractivity contribution in [3.8, 4) is 0 Å². The normalized spacial score (nSPS) is 20.8. The molecule has 1 N–H and O–H groups in total. The van der Waals surface area contributed by atoms with E-state index in [4.69, 9.17) is 0 Å². The highest BCUT2D eigenvalue weighted by Crippen LogP contribution is 2.34. The molecule has 1 aliphatic rings. The smallest absolute Gasteiger partial charge is 0.308 e. The minimum absolute atomic E-state index is 0.0183. The number of benzene rings is 2. The van der Waals surface area contributed by atoms with Gasteiger partial charge in [0.15, 0.2) is 0 Å². The van der Waals surface area contributed by atoms with Gasteiger partial charge in [-0.2, -0.15) is 0 Å². The van der Waals surface area contributed by atoms with Gasteiger partial charge in [0.1, 0.15) is 0 Å². The van der Waals surface area contributed by atoms with Crippen LogP contribution in [0.5, 0.6) is 0 Å². The summed E-state index contributed by atoms with van der Waals surface area (Å²) in [5.41, 5.74) is 2.00. The Labute approximate surface area is 139 Å². The quantitative estimate of drug-likeness (QED) is 0.674. The molecule has 0 aromatic heterocycles. The first kappa shape index (κ1) is 16.1. The Morgan fingerprint density at radius 3 is 2.38 bits per heavy atom. The molecule has 0 unspecified atom stereocenters. The fraction of sp³-hybridized carbons (Fsp3) is 0.278. The second kappa shape index (κ2) is 6.80. The summed E-state index contributed by atoms with van der Waals surface area (Å²) in [5, 5.41) is 20.3. The van der Waals surface area contributed by atoms with Crippen LogP contribution in [-0.4, -0.2) is 34.0 Å². The first-order valence-electron chi connectivity index (χ1n) is 7.78. The van der Waals surface area contributed by atoms with E-state index in [0.717, 1.165) is 11.1 Å². The second-order valence-electron chi connectivity index (χ2n) is 6.08. The van der Waals surface area contributed by atoms with Gasteiger partial charge in [-0.1, -0.05) is 42.5 Å². The van der Waals surface area contributed by atoms with Gasteiger partial charge in [0, 0.05) is 37.7 Å². The molecule has 124 valence electrons. The summed E-state index contributed by atoms with van der Waals surface area (Å²) in [6.07, 6.45) is 0. The Morgan fingerprint density at radius 1 is 1.12 bits per heavy atom. The Hall–Kier alpha value is -2.73. The van der Waals surface area contributed by atoms with Gasteiger partial charge in [-0.05, 0) is 11.1 Å². The van der Waals surface area contributed by atoms with Crippen LogP contribution >= 0.6 is 0 Å². The SMILES string of the molecule is O=C(O)[C@H]1CN(Cc2ccccc2)C[C@H]1c1ccc([N+](=O)[O-])cc1. The summed E-state index contributed by atoms with van der Waals surface area (Å²) >= 11 is 0. The number of aliphatic carboxylic acids is 1. The fourth-order valence-corrected chi connectivity index (χ4v) is 3.29. The van der Waals surface area contributed by atoms with Crippen LogP contribution in [-0.2, 0) is 11.3 Å². The van der Waals surface area contributed by atoms with E-state index in [9.17, 15) is 20.0 Å². The molecule has 1 heterocycles. The summed E-state index contributed by atoms with van der Waals surface area (Å²) in [6, 6.07) is 16.1.